The van der Waals surface area contributed by atoms with Crippen LogP contribution in [-0.4, -0.2) is 41.1 Å². The van der Waals surface area contributed by atoms with E-state index in [1.54, 1.807) is 23.5 Å². The van der Waals surface area contributed by atoms with Crippen LogP contribution in [0.3, 0.4) is 0 Å². The highest BCUT2D eigenvalue weighted by Crippen LogP contribution is 2.13. The molecule has 1 aromatic rings. The zero-order valence-corrected chi connectivity index (χ0v) is 11.0. The molecule has 5 heteroatoms. The molecule has 3 nitrogen and oxygen atoms in total. The highest BCUT2D eigenvalue weighted by Gasteiger charge is 1.99. The summed E-state index contributed by atoms with van der Waals surface area (Å²) in [6.07, 6.45) is 2.05. The van der Waals surface area contributed by atoms with Crippen molar-refractivity contribution in [2.45, 2.75) is 5.75 Å². The van der Waals surface area contributed by atoms with Gasteiger partial charge in [0, 0.05) is 23.3 Å². The zero-order valence-electron chi connectivity index (χ0n) is 9.39. The summed E-state index contributed by atoms with van der Waals surface area (Å²) in [7, 11) is 0. The number of rotatable bonds is 8. The monoisotopic (exact) mass is 259 g/mol. The second-order valence-corrected chi connectivity index (χ2v) is 5.18. The summed E-state index contributed by atoms with van der Waals surface area (Å²) >= 11 is 3.43. The molecule has 0 bridgehead atoms. The van der Waals surface area contributed by atoms with Gasteiger partial charge in [-0.15, -0.1) is 0 Å². The second-order valence-electron chi connectivity index (χ2n) is 3.08. The molecule has 0 amide bonds. The van der Waals surface area contributed by atoms with Crippen molar-refractivity contribution in [3.8, 4) is 5.88 Å². The first kappa shape index (κ1) is 13.7. The molecule has 16 heavy (non-hydrogen) atoms. The van der Waals surface area contributed by atoms with Gasteiger partial charge in [-0.3, -0.25) is 0 Å². The Morgan fingerprint density at radius 1 is 1.38 bits per heavy atom. The van der Waals surface area contributed by atoms with Gasteiger partial charge in [-0.1, -0.05) is 6.07 Å². The molecule has 0 aliphatic heterocycles. The quantitative estimate of drug-likeness (QED) is 0.724. The van der Waals surface area contributed by atoms with Crippen molar-refractivity contribution in [2.75, 3.05) is 31.0 Å². The molecular formula is C11H17NO2S2. The highest BCUT2D eigenvalue weighted by molar-refractivity contribution is 7.98. The molecular weight excluding hydrogens is 242 g/mol. The van der Waals surface area contributed by atoms with E-state index in [0.29, 0.717) is 12.5 Å². The van der Waals surface area contributed by atoms with Crippen LogP contribution in [0, 0.1) is 0 Å². The van der Waals surface area contributed by atoms with Crippen LogP contribution in [0.2, 0.25) is 0 Å². The van der Waals surface area contributed by atoms with E-state index in [0.717, 1.165) is 23.0 Å². The molecule has 0 saturated carbocycles. The Morgan fingerprint density at radius 3 is 3.00 bits per heavy atom. The van der Waals surface area contributed by atoms with E-state index in [1.807, 2.05) is 18.2 Å². The molecule has 0 aliphatic rings. The lowest BCUT2D eigenvalue weighted by Crippen LogP contribution is -2.02. The Hall–Kier alpha value is -0.390. The summed E-state index contributed by atoms with van der Waals surface area (Å²) in [4.78, 5) is 4.38. The van der Waals surface area contributed by atoms with E-state index < -0.39 is 0 Å². The lowest BCUT2D eigenvalue weighted by molar-refractivity contribution is 0.322. The molecule has 1 rings (SSSR count). The topological polar surface area (TPSA) is 42.4 Å². The van der Waals surface area contributed by atoms with Gasteiger partial charge >= 0.3 is 0 Å². The molecule has 90 valence electrons. The van der Waals surface area contributed by atoms with Crippen molar-refractivity contribution in [1.29, 1.82) is 0 Å². The molecule has 0 radical (unpaired) electrons. The average Bonchev–Trinajstić information content (AvgIpc) is 2.30. The predicted octanol–water partition coefficient (Wildman–Crippen LogP) is 2.05. The second kappa shape index (κ2) is 8.73. The summed E-state index contributed by atoms with van der Waals surface area (Å²) in [5.74, 6) is 3.24. The number of aromatic nitrogens is 1. The molecule has 0 aliphatic carbocycles. The van der Waals surface area contributed by atoms with Gasteiger partial charge in [0.05, 0.1) is 18.9 Å². The summed E-state index contributed by atoms with van der Waals surface area (Å²) in [6.45, 7) is 0.913. The fourth-order valence-electron chi connectivity index (χ4n) is 1.09. The first-order valence-electron chi connectivity index (χ1n) is 5.13. The van der Waals surface area contributed by atoms with Crippen LogP contribution >= 0.6 is 23.5 Å². The molecule has 0 atom stereocenters. The van der Waals surface area contributed by atoms with Gasteiger partial charge in [0.25, 0.3) is 0 Å². The van der Waals surface area contributed by atoms with Crippen LogP contribution in [0.5, 0.6) is 5.88 Å². The molecule has 1 N–H and O–H groups in total. The minimum Gasteiger partial charge on any atom is -0.477 e. The third-order valence-electron chi connectivity index (χ3n) is 1.80. The fourth-order valence-corrected chi connectivity index (χ4v) is 1.98. The van der Waals surface area contributed by atoms with E-state index in [1.165, 1.54) is 0 Å². The zero-order chi connectivity index (χ0) is 11.6. The Kier molecular flexibility index (Phi) is 7.46. The number of aliphatic hydroxyl groups excluding tert-OH is 1. The van der Waals surface area contributed by atoms with Gasteiger partial charge in [-0.25, -0.2) is 4.98 Å². The van der Waals surface area contributed by atoms with Crippen LogP contribution in [0.15, 0.2) is 18.2 Å². The van der Waals surface area contributed by atoms with Crippen molar-refractivity contribution in [3.63, 3.8) is 0 Å². The Morgan fingerprint density at radius 2 is 2.25 bits per heavy atom. The van der Waals surface area contributed by atoms with Crippen molar-refractivity contribution in [3.05, 3.63) is 23.9 Å². The maximum atomic E-state index is 8.67. The van der Waals surface area contributed by atoms with Crippen LogP contribution in [0.1, 0.15) is 5.69 Å². The lowest BCUT2D eigenvalue weighted by Gasteiger charge is -2.05. The standard InChI is InChI=1S/C11H17NO2S2/c1-15-8-6-14-11-4-2-3-10(12-11)9-16-7-5-13/h2-4,13H,5-9H2,1H3. The number of ether oxygens (including phenoxy) is 1. The first-order chi connectivity index (χ1) is 7.86. The third-order valence-corrected chi connectivity index (χ3v) is 3.35. The van der Waals surface area contributed by atoms with Crippen LogP contribution < -0.4 is 4.74 Å². The predicted molar refractivity (Wildman–Crippen MR) is 71.4 cm³/mol. The van der Waals surface area contributed by atoms with E-state index in [2.05, 4.69) is 11.2 Å². The maximum absolute atomic E-state index is 8.67. The molecule has 0 unspecified atom stereocenters. The molecule has 0 aromatic carbocycles. The minimum atomic E-state index is 0.217. The van der Waals surface area contributed by atoms with Crippen molar-refractivity contribution in [2.24, 2.45) is 0 Å². The van der Waals surface area contributed by atoms with Gasteiger partial charge in [0.1, 0.15) is 0 Å². The van der Waals surface area contributed by atoms with Gasteiger partial charge in [-0.2, -0.15) is 23.5 Å². The molecule has 1 heterocycles. The Bertz CT molecular complexity index is 272. The summed E-state index contributed by atoms with van der Waals surface area (Å²) in [5, 5.41) is 8.67. The molecule has 1 aromatic heterocycles. The fraction of sp³-hybridized carbons (Fsp3) is 0.545. The van der Waals surface area contributed by atoms with Gasteiger partial charge < -0.3 is 9.84 Å². The first-order valence-corrected chi connectivity index (χ1v) is 7.68. The number of pyridine rings is 1. The molecule has 0 spiro atoms. The van der Waals surface area contributed by atoms with Crippen molar-refractivity contribution >= 4 is 23.5 Å². The van der Waals surface area contributed by atoms with Crippen molar-refractivity contribution < 1.29 is 9.84 Å². The van der Waals surface area contributed by atoms with E-state index in [4.69, 9.17) is 9.84 Å². The summed E-state index contributed by atoms with van der Waals surface area (Å²) in [6, 6.07) is 5.81. The number of thioether (sulfide) groups is 2. The number of hydrogen-bond acceptors (Lipinski definition) is 5. The normalized spacial score (nSPS) is 10.4. The van der Waals surface area contributed by atoms with E-state index in [9.17, 15) is 0 Å². The SMILES string of the molecule is CSCCOc1cccc(CSCCO)n1. The number of hydrogen-bond donors (Lipinski definition) is 1. The van der Waals surface area contributed by atoms with Crippen LogP contribution in [-0.2, 0) is 5.75 Å². The van der Waals surface area contributed by atoms with Gasteiger partial charge in [-0.05, 0) is 12.3 Å². The molecule has 0 fully saturated rings. The number of nitrogens with zero attached hydrogens (tertiary/aromatic N) is 1. The Balaban J connectivity index is 2.37. The smallest absolute Gasteiger partial charge is 0.213 e. The van der Waals surface area contributed by atoms with Crippen LogP contribution in [0.25, 0.3) is 0 Å². The lowest BCUT2D eigenvalue weighted by atomic mass is 10.4. The minimum absolute atomic E-state index is 0.217. The largest absolute Gasteiger partial charge is 0.477 e. The van der Waals surface area contributed by atoms with Gasteiger partial charge in [0.15, 0.2) is 0 Å². The number of aliphatic hydroxyl groups is 1. The maximum Gasteiger partial charge on any atom is 0.213 e. The summed E-state index contributed by atoms with van der Waals surface area (Å²) in [5.41, 5.74) is 1.00. The summed E-state index contributed by atoms with van der Waals surface area (Å²) < 4.78 is 5.50. The average molecular weight is 259 g/mol. The molecule has 0 saturated heterocycles. The Labute approximate surface area is 105 Å². The third kappa shape index (κ3) is 5.63. The van der Waals surface area contributed by atoms with Crippen molar-refractivity contribution in [1.82, 2.24) is 4.98 Å². The van der Waals surface area contributed by atoms with Gasteiger partial charge in [0.2, 0.25) is 5.88 Å². The van der Waals surface area contributed by atoms with E-state index in [-0.39, 0.29) is 6.61 Å². The highest BCUT2D eigenvalue weighted by atomic mass is 32.2. The van der Waals surface area contributed by atoms with Crippen LogP contribution in [0.4, 0.5) is 0 Å². The van der Waals surface area contributed by atoms with E-state index >= 15 is 0 Å².